The van der Waals surface area contributed by atoms with Gasteiger partial charge in [0.15, 0.2) is 11.3 Å². The van der Waals surface area contributed by atoms with Gasteiger partial charge in [0.1, 0.15) is 0 Å². The number of carbonyl (C=O) groups is 2. The summed E-state index contributed by atoms with van der Waals surface area (Å²) in [7, 11) is 0. The summed E-state index contributed by atoms with van der Waals surface area (Å²) in [6, 6.07) is 16.9. The van der Waals surface area contributed by atoms with Gasteiger partial charge in [-0.2, -0.15) is 0 Å². The number of amides is 1. The maximum absolute atomic E-state index is 14.1. The summed E-state index contributed by atoms with van der Waals surface area (Å²) in [5.41, 5.74) is 1.32. The van der Waals surface area contributed by atoms with Gasteiger partial charge in [0, 0.05) is 5.69 Å². The molecule has 2 aromatic rings. The third-order valence-corrected chi connectivity index (χ3v) is 6.29. The Balaban J connectivity index is 1.65. The topological polar surface area (TPSA) is 61.4 Å². The molecule has 4 rings (SSSR count). The molecular weight excluding hydrogens is 374 g/mol. The second kappa shape index (κ2) is 9.11. The minimum Gasteiger partial charge on any atom is -0.324 e. The van der Waals surface area contributed by atoms with E-state index in [0.29, 0.717) is 18.7 Å². The summed E-state index contributed by atoms with van der Waals surface area (Å²) in [4.78, 5) is 29.8. The molecule has 157 valence electrons. The molecule has 2 aliphatic rings. The van der Waals surface area contributed by atoms with Gasteiger partial charge in [0.05, 0.1) is 6.04 Å². The lowest BCUT2D eigenvalue weighted by molar-refractivity contribution is -0.138. The predicted octanol–water partition coefficient (Wildman–Crippen LogP) is 3.73. The number of nitrogens with zero attached hydrogens (tertiary/aromatic N) is 1. The Morgan fingerprint density at radius 3 is 2.30 bits per heavy atom. The number of nitrogens with one attached hydrogen (secondary N) is 2. The summed E-state index contributed by atoms with van der Waals surface area (Å²) >= 11 is 0. The average Bonchev–Trinajstić information content (AvgIpc) is 3.28. The number of anilines is 1. The van der Waals surface area contributed by atoms with Crippen LogP contribution in [0.1, 0.15) is 49.3 Å². The zero-order valence-corrected chi connectivity index (χ0v) is 17.4. The number of hydrogen-bond donors (Lipinski definition) is 2. The molecule has 2 aromatic carbocycles. The van der Waals surface area contributed by atoms with E-state index in [1.807, 2.05) is 54.6 Å². The highest BCUT2D eigenvalue weighted by atomic mass is 16.2. The highest BCUT2D eigenvalue weighted by Gasteiger charge is 2.51. The van der Waals surface area contributed by atoms with E-state index in [-0.39, 0.29) is 11.7 Å². The quantitative estimate of drug-likeness (QED) is 0.721. The Bertz CT molecular complexity index is 867. The summed E-state index contributed by atoms with van der Waals surface area (Å²) in [6.07, 6.45) is 4.68. The molecule has 5 nitrogen and oxygen atoms in total. The van der Waals surface area contributed by atoms with E-state index in [1.54, 1.807) is 0 Å². The van der Waals surface area contributed by atoms with Crippen LogP contribution in [0.2, 0.25) is 0 Å². The van der Waals surface area contributed by atoms with Crippen molar-refractivity contribution in [2.24, 2.45) is 0 Å². The Labute approximate surface area is 178 Å². The second-order valence-electron chi connectivity index (χ2n) is 8.36. The van der Waals surface area contributed by atoms with Crippen LogP contribution in [0.3, 0.4) is 0 Å². The Morgan fingerprint density at radius 1 is 0.967 bits per heavy atom. The van der Waals surface area contributed by atoms with Gasteiger partial charge in [-0.25, -0.2) is 0 Å². The maximum atomic E-state index is 14.1. The highest BCUT2D eigenvalue weighted by Crippen LogP contribution is 2.34. The fourth-order valence-corrected chi connectivity index (χ4v) is 4.66. The molecule has 0 saturated carbocycles. The van der Waals surface area contributed by atoms with Crippen molar-refractivity contribution < 1.29 is 9.59 Å². The minimum atomic E-state index is -1.21. The van der Waals surface area contributed by atoms with Crippen molar-refractivity contribution in [3.63, 3.8) is 0 Å². The van der Waals surface area contributed by atoms with Crippen molar-refractivity contribution in [2.75, 3.05) is 25.0 Å². The van der Waals surface area contributed by atoms with E-state index in [1.165, 1.54) is 6.42 Å². The van der Waals surface area contributed by atoms with Crippen molar-refractivity contribution in [1.29, 1.82) is 0 Å². The second-order valence-corrected chi connectivity index (χ2v) is 8.36. The van der Waals surface area contributed by atoms with E-state index in [2.05, 4.69) is 22.5 Å². The minimum absolute atomic E-state index is 0.0422. The molecule has 0 spiro atoms. The largest absolute Gasteiger partial charge is 0.324 e. The highest BCUT2D eigenvalue weighted by molar-refractivity contribution is 6.17. The number of carbonyl (C=O) groups excluding carboxylic acids is 2. The van der Waals surface area contributed by atoms with Crippen LogP contribution in [0.5, 0.6) is 0 Å². The van der Waals surface area contributed by atoms with Gasteiger partial charge in [-0.3, -0.25) is 19.8 Å². The standard InChI is InChI=1S/C25H30N3O2/c1-19-11-13-21(14-12-19)27-24(30)25(15-8-16-26-25)23(29)22(20-9-4-2-5-10-20)28-17-6-3-7-18-28/h2,4-5,9-14,22,26H,1,3,6-8,15-18H2,(H,27,30)/t22-,25+/m1/s1. The van der Waals surface area contributed by atoms with Gasteiger partial charge in [0.25, 0.3) is 5.91 Å². The summed E-state index contributed by atoms with van der Waals surface area (Å²) < 4.78 is 0. The van der Waals surface area contributed by atoms with Crippen molar-refractivity contribution in [1.82, 2.24) is 10.2 Å². The molecule has 0 aliphatic carbocycles. The number of piperidine rings is 1. The van der Waals surface area contributed by atoms with E-state index >= 15 is 0 Å². The first-order valence-corrected chi connectivity index (χ1v) is 10.9. The molecule has 2 atom stereocenters. The van der Waals surface area contributed by atoms with E-state index in [9.17, 15) is 9.59 Å². The van der Waals surface area contributed by atoms with Gasteiger partial charge in [-0.1, -0.05) is 48.9 Å². The van der Waals surface area contributed by atoms with E-state index < -0.39 is 11.6 Å². The van der Waals surface area contributed by atoms with Gasteiger partial charge >= 0.3 is 0 Å². The molecule has 1 radical (unpaired) electrons. The summed E-state index contributed by atoms with van der Waals surface area (Å²) in [5, 5.41) is 6.26. The lowest BCUT2D eigenvalue weighted by Gasteiger charge is -2.38. The smallest absolute Gasteiger partial charge is 0.252 e. The molecule has 0 unspecified atom stereocenters. The first kappa shape index (κ1) is 20.8. The number of Topliss-reactive ketones (excluding diaryl/α,β-unsaturated/α-hetero) is 1. The summed E-state index contributed by atoms with van der Waals surface area (Å²) in [6.45, 7) is 6.31. The van der Waals surface area contributed by atoms with Gasteiger partial charge < -0.3 is 5.32 Å². The molecule has 1 amide bonds. The average molecular weight is 405 g/mol. The van der Waals surface area contributed by atoms with Crippen LogP contribution in [-0.2, 0) is 9.59 Å². The normalized spacial score (nSPS) is 23.1. The monoisotopic (exact) mass is 404 g/mol. The Kier molecular flexibility index (Phi) is 6.30. The van der Waals surface area contributed by atoms with Crippen molar-refractivity contribution in [3.05, 3.63) is 72.6 Å². The van der Waals surface area contributed by atoms with Gasteiger partial charge in [-0.05, 0) is 75.5 Å². The van der Waals surface area contributed by atoms with Crippen LogP contribution in [0, 0.1) is 6.92 Å². The summed E-state index contributed by atoms with van der Waals surface area (Å²) in [5.74, 6) is -0.306. The molecule has 30 heavy (non-hydrogen) atoms. The molecule has 0 bridgehead atoms. The number of rotatable bonds is 6. The molecule has 5 heteroatoms. The van der Waals surface area contributed by atoms with Crippen LogP contribution >= 0.6 is 0 Å². The first-order chi connectivity index (χ1) is 14.6. The van der Waals surface area contributed by atoms with Gasteiger partial charge in [0.2, 0.25) is 0 Å². The number of benzene rings is 2. The molecular formula is C25H30N3O2. The third kappa shape index (κ3) is 4.18. The van der Waals surface area contributed by atoms with Crippen LogP contribution in [0.4, 0.5) is 5.69 Å². The molecule has 2 N–H and O–H groups in total. The zero-order chi connectivity index (χ0) is 21.0. The van der Waals surface area contributed by atoms with Crippen LogP contribution in [0.15, 0.2) is 54.6 Å². The number of likely N-dealkylation sites (tertiary alicyclic amines) is 1. The molecule has 2 heterocycles. The van der Waals surface area contributed by atoms with Crippen LogP contribution in [0.25, 0.3) is 0 Å². The van der Waals surface area contributed by atoms with Gasteiger partial charge in [-0.15, -0.1) is 0 Å². The lowest BCUT2D eigenvalue weighted by atomic mass is 9.82. The molecule has 0 aromatic heterocycles. The SMILES string of the molecule is [CH2]c1ccc(NC(=O)[C@@]2(C(=O)[C@@H](c3ccccc3)N3CCCCC3)CCCN2)cc1. The fraction of sp³-hybridized carbons (Fsp3) is 0.400. The third-order valence-electron chi connectivity index (χ3n) is 6.29. The molecule has 2 saturated heterocycles. The number of hydrogen-bond acceptors (Lipinski definition) is 4. The van der Waals surface area contributed by atoms with E-state index in [0.717, 1.165) is 43.5 Å². The number of ketones is 1. The zero-order valence-electron chi connectivity index (χ0n) is 17.4. The van der Waals surface area contributed by atoms with Crippen LogP contribution < -0.4 is 10.6 Å². The Hall–Kier alpha value is -2.50. The fourth-order valence-electron chi connectivity index (χ4n) is 4.66. The van der Waals surface area contributed by atoms with Crippen molar-refractivity contribution >= 4 is 17.4 Å². The van der Waals surface area contributed by atoms with Crippen molar-refractivity contribution in [2.45, 2.75) is 43.7 Å². The first-order valence-electron chi connectivity index (χ1n) is 10.9. The maximum Gasteiger partial charge on any atom is 0.252 e. The molecule has 2 fully saturated rings. The lowest BCUT2D eigenvalue weighted by Crippen LogP contribution is -2.60. The van der Waals surface area contributed by atoms with Crippen molar-refractivity contribution in [3.8, 4) is 0 Å². The Morgan fingerprint density at radius 2 is 1.67 bits per heavy atom. The van der Waals surface area contributed by atoms with Crippen LogP contribution in [-0.4, -0.2) is 41.8 Å². The predicted molar refractivity (Wildman–Crippen MR) is 119 cm³/mol. The molecule has 2 aliphatic heterocycles. The van der Waals surface area contributed by atoms with E-state index in [4.69, 9.17) is 0 Å².